The van der Waals surface area contributed by atoms with Crippen LogP contribution in [0.3, 0.4) is 0 Å². The van der Waals surface area contributed by atoms with Crippen LogP contribution in [0.15, 0.2) is 315 Å². The Kier molecular flexibility index (Phi) is 17.3. The first-order valence-corrected chi connectivity index (χ1v) is 32.5. The molecule has 2 atom stereocenters. The first-order chi connectivity index (χ1) is 44.9. The molecule has 14 aromatic rings. The minimum atomic E-state index is -0.694. The minimum Gasteiger partial charge on any atom is -0.390 e. The number of fused-ring (bicyclic) bond motifs is 6. The van der Waals surface area contributed by atoms with Crippen LogP contribution in [-0.2, 0) is 13.1 Å². The third-order valence-corrected chi connectivity index (χ3v) is 18.4. The number of hydrogen-bond acceptors (Lipinski definition) is 3. The van der Waals surface area contributed by atoms with E-state index in [0.717, 1.165) is 133 Å². The fourth-order valence-corrected chi connectivity index (χ4v) is 13.7. The number of rotatable bonds is 20. The van der Waals surface area contributed by atoms with Crippen LogP contribution in [0.5, 0.6) is 0 Å². The molecule has 4 nitrogen and oxygen atoms in total. The highest BCUT2D eigenvalue weighted by molar-refractivity contribution is 7.99. The molecular weight excluding hydrogens is 1130 g/mol. The lowest BCUT2D eigenvalue weighted by Crippen LogP contribution is -2.22. The van der Waals surface area contributed by atoms with Crippen LogP contribution in [0.25, 0.3) is 90.2 Å². The van der Waals surface area contributed by atoms with Gasteiger partial charge in [0.25, 0.3) is 0 Å². The van der Waals surface area contributed by atoms with E-state index in [0.29, 0.717) is 24.6 Å². The second-order valence-electron chi connectivity index (χ2n) is 23.3. The molecule has 0 aliphatic rings. The summed E-state index contributed by atoms with van der Waals surface area (Å²) in [4.78, 5) is 0. The van der Waals surface area contributed by atoms with E-state index in [-0.39, 0.29) is 0 Å². The Morgan fingerprint density at radius 1 is 0.264 bits per heavy atom. The molecule has 0 saturated carbocycles. The summed E-state index contributed by atoms with van der Waals surface area (Å²) in [5.74, 6) is 0.896. The molecular formula is C86H68N2O2S. The maximum absolute atomic E-state index is 12.2. The first-order valence-electron chi connectivity index (χ1n) is 31.3. The zero-order chi connectivity index (χ0) is 61.3. The van der Waals surface area contributed by atoms with Crippen molar-refractivity contribution in [2.45, 2.75) is 25.3 Å². The van der Waals surface area contributed by atoms with E-state index in [1.165, 1.54) is 0 Å². The normalized spacial score (nSPS) is 12.0. The Morgan fingerprint density at radius 2 is 0.451 bits per heavy atom. The van der Waals surface area contributed by atoms with Crippen molar-refractivity contribution in [3.8, 4) is 0 Å². The van der Waals surface area contributed by atoms with E-state index < -0.39 is 12.2 Å². The van der Waals surface area contributed by atoms with E-state index >= 15 is 0 Å². The molecule has 0 bridgehead atoms. The molecule has 91 heavy (non-hydrogen) atoms. The SMILES string of the molecule is OC(CSCC(O)Cn1c2ccc(C=C(c3ccccc3)c3ccccc3)cc2c2cc(C=C(c3ccccc3)c3ccccc3)ccc21)Cn1c2ccc(C=C(c3ccccc3)c3ccccc3)cc2c2cc(C=C(c3ccccc3)c3ccccc3)ccc21. The van der Waals surface area contributed by atoms with Gasteiger partial charge in [-0.25, -0.2) is 0 Å². The van der Waals surface area contributed by atoms with Gasteiger partial charge in [-0.3, -0.25) is 0 Å². The van der Waals surface area contributed by atoms with Crippen LogP contribution < -0.4 is 0 Å². The Bertz CT molecular complexity index is 4160. The van der Waals surface area contributed by atoms with Gasteiger partial charge in [0.1, 0.15) is 0 Å². The van der Waals surface area contributed by atoms with Crippen molar-refractivity contribution in [2.24, 2.45) is 0 Å². The molecule has 440 valence electrons. The first kappa shape index (κ1) is 58.2. The average Bonchev–Trinajstić information content (AvgIpc) is 1.65. The molecule has 14 rings (SSSR count). The molecule has 2 unspecified atom stereocenters. The predicted molar refractivity (Wildman–Crippen MR) is 388 cm³/mol. The van der Waals surface area contributed by atoms with E-state index in [1.54, 1.807) is 11.8 Å². The monoisotopic (exact) mass is 1190 g/mol. The Hall–Kier alpha value is -10.5. The molecule has 5 heteroatoms. The summed E-state index contributed by atoms with van der Waals surface area (Å²) in [7, 11) is 0. The van der Waals surface area contributed by atoms with Gasteiger partial charge >= 0.3 is 0 Å². The van der Waals surface area contributed by atoms with E-state index in [4.69, 9.17) is 0 Å². The highest BCUT2D eigenvalue weighted by Crippen LogP contribution is 2.38. The third-order valence-electron chi connectivity index (χ3n) is 17.2. The van der Waals surface area contributed by atoms with Crippen molar-refractivity contribution < 1.29 is 10.2 Å². The van der Waals surface area contributed by atoms with Gasteiger partial charge in [0.15, 0.2) is 0 Å². The summed E-state index contributed by atoms with van der Waals surface area (Å²) in [6.45, 7) is 0.776. The molecule has 2 N–H and O–H groups in total. The zero-order valence-electron chi connectivity index (χ0n) is 50.5. The minimum absolute atomic E-state index is 0.388. The largest absolute Gasteiger partial charge is 0.390 e. The van der Waals surface area contributed by atoms with Gasteiger partial charge in [-0.15, -0.1) is 0 Å². The van der Waals surface area contributed by atoms with Gasteiger partial charge in [0.2, 0.25) is 0 Å². The Labute approximate surface area is 537 Å². The lowest BCUT2D eigenvalue weighted by Gasteiger charge is -2.17. The van der Waals surface area contributed by atoms with Crippen molar-refractivity contribution in [3.63, 3.8) is 0 Å². The molecule has 12 aromatic carbocycles. The van der Waals surface area contributed by atoms with Crippen LogP contribution >= 0.6 is 11.8 Å². The van der Waals surface area contributed by atoms with E-state index in [1.807, 2.05) is 0 Å². The number of aromatic nitrogens is 2. The van der Waals surface area contributed by atoms with Crippen molar-refractivity contribution in [1.82, 2.24) is 9.13 Å². The number of aliphatic hydroxyl groups is 2. The molecule has 0 saturated heterocycles. The fourth-order valence-electron chi connectivity index (χ4n) is 12.8. The topological polar surface area (TPSA) is 50.3 Å². The lowest BCUT2D eigenvalue weighted by atomic mass is 9.94. The molecule has 0 radical (unpaired) electrons. The van der Waals surface area contributed by atoms with Crippen LogP contribution in [0, 0.1) is 0 Å². The molecule has 0 spiro atoms. The van der Waals surface area contributed by atoms with E-state index in [9.17, 15) is 10.2 Å². The van der Waals surface area contributed by atoms with Gasteiger partial charge in [0.05, 0.1) is 12.2 Å². The van der Waals surface area contributed by atoms with Gasteiger partial charge in [-0.05, 0) is 162 Å². The summed E-state index contributed by atoms with van der Waals surface area (Å²) in [5, 5.41) is 28.8. The van der Waals surface area contributed by atoms with Gasteiger partial charge < -0.3 is 19.3 Å². The second-order valence-corrected chi connectivity index (χ2v) is 24.4. The third kappa shape index (κ3) is 13.0. The maximum atomic E-state index is 12.2. The van der Waals surface area contributed by atoms with Crippen molar-refractivity contribution in [2.75, 3.05) is 11.5 Å². The average molecular weight is 1190 g/mol. The molecule has 2 heterocycles. The van der Waals surface area contributed by atoms with Crippen molar-refractivity contribution in [3.05, 3.63) is 382 Å². The van der Waals surface area contributed by atoms with Gasteiger partial charge in [-0.2, -0.15) is 11.8 Å². The van der Waals surface area contributed by atoms with Gasteiger partial charge in [-0.1, -0.05) is 267 Å². The predicted octanol–water partition coefficient (Wildman–Crippen LogP) is 20.4. The summed E-state index contributed by atoms with van der Waals surface area (Å²) < 4.78 is 4.57. The molecule has 0 aliphatic heterocycles. The smallest absolute Gasteiger partial charge is 0.0809 e. The molecule has 0 amide bonds. The maximum Gasteiger partial charge on any atom is 0.0809 e. The highest BCUT2D eigenvalue weighted by Gasteiger charge is 2.20. The van der Waals surface area contributed by atoms with Crippen LogP contribution in [0.4, 0.5) is 0 Å². The fraction of sp³-hybridized carbons (Fsp3) is 0.0698. The Morgan fingerprint density at radius 3 is 0.637 bits per heavy atom. The van der Waals surface area contributed by atoms with E-state index in [2.05, 4.69) is 349 Å². The molecule has 2 aromatic heterocycles. The van der Waals surface area contributed by atoms with Gasteiger partial charge in [0, 0.05) is 68.2 Å². The molecule has 0 fully saturated rings. The summed E-state index contributed by atoms with van der Waals surface area (Å²) in [6.07, 6.45) is 7.79. The summed E-state index contributed by atoms with van der Waals surface area (Å²) >= 11 is 1.60. The lowest BCUT2D eigenvalue weighted by molar-refractivity contribution is 0.176. The quantitative estimate of drug-likeness (QED) is 0.0748. The standard InChI is InChI=1S/C86H68N2O2S/c89-73(57-87-83-45-41-61(49-75(65-25-9-1-10-26-65)66-27-11-2-12-28-66)53-79(83)80-54-62(42-46-84(80)87)50-76(67-29-13-3-14-30-67)68-31-15-4-16-32-68)59-91-60-74(90)58-88-85-47-43-63(51-77(69-33-17-5-18-34-69)70-35-19-6-20-36-70)55-81(85)82-56-64(44-48-86(82)88)52-78(71-37-21-7-22-38-71)72-39-23-8-24-40-72/h1-56,73-74,89-90H,57-60H2. The number of hydrogen-bond donors (Lipinski definition) is 2. The summed E-state index contributed by atoms with van der Waals surface area (Å²) in [6, 6.07) is 112. The van der Waals surface area contributed by atoms with Crippen molar-refractivity contribution >= 4 is 102 Å². The Balaban J connectivity index is 0.779. The number of nitrogens with zero attached hydrogens (tertiary/aromatic N) is 2. The summed E-state index contributed by atoms with van der Waals surface area (Å²) in [5.41, 5.74) is 22.4. The van der Waals surface area contributed by atoms with Crippen LogP contribution in [0.2, 0.25) is 0 Å². The van der Waals surface area contributed by atoms with Crippen LogP contribution in [-0.4, -0.2) is 43.1 Å². The van der Waals surface area contributed by atoms with Crippen LogP contribution in [0.1, 0.15) is 66.8 Å². The molecule has 0 aliphatic carbocycles. The second kappa shape index (κ2) is 27.1. The van der Waals surface area contributed by atoms with Crippen molar-refractivity contribution in [1.29, 1.82) is 0 Å². The number of thioether (sulfide) groups is 1. The zero-order valence-corrected chi connectivity index (χ0v) is 51.3. The highest BCUT2D eigenvalue weighted by atomic mass is 32.2. The number of aliphatic hydroxyl groups excluding tert-OH is 2. The number of benzene rings is 12.